The fourth-order valence-electron chi connectivity index (χ4n) is 2.11. The molecular formula is C18H20N4O3. The van der Waals surface area contributed by atoms with E-state index in [0.717, 1.165) is 5.56 Å². The van der Waals surface area contributed by atoms with Crippen LogP contribution in [0.15, 0.2) is 64.9 Å². The number of nitrogens with zero attached hydrogens (tertiary/aromatic N) is 3. The van der Waals surface area contributed by atoms with E-state index >= 15 is 0 Å². The van der Waals surface area contributed by atoms with Gasteiger partial charge in [-0.15, -0.1) is 5.11 Å². The van der Waals surface area contributed by atoms with Gasteiger partial charge in [0, 0.05) is 26.1 Å². The maximum absolute atomic E-state index is 12.3. The molecule has 2 N–H and O–H groups in total. The molecule has 0 spiro atoms. The third-order valence-corrected chi connectivity index (χ3v) is 3.35. The zero-order valence-corrected chi connectivity index (χ0v) is 14.1. The lowest BCUT2D eigenvalue weighted by molar-refractivity contribution is -0.139. The van der Waals surface area contributed by atoms with Gasteiger partial charge in [-0.25, -0.2) is 4.79 Å². The number of carbonyl (C=O) groups is 2. The summed E-state index contributed by atoms with van der Waals surface area (Å²) in [6, 6.07) is 14.6. The van der Waals surface area contributed by atoms with Crippen LogP contribution in [0.1, 0.15) is 15.9 Å². The largest absolute Gasteiger partial charge is 0.480 e. The predicted octanol–water partition coefficient (Wildman–Crippen LogP) is 2.67. The van der Waals surface area contributed by atoms with Crippen molar-refractivity contribution in [1.82, 2.24) is 10.3 Å². The second-order valence-electron chi connectivity index (χ2n) is 5.64. The highest BCUT2D eigenvalue weighted by molar-refractivity contribution is 5.96. The first-order valence-electron chi connectivity index (χ1n) is 7.72. The average molecular weight is 340 g/mol. The lowest BCUT2D eigenvalue weighted by Crippen LogP contribution is -2.42. The molecule has 1 amide bonds. The van der Waals surface area contributed by atoms with Gasteiger partial charge in [0.1, 0.15) is 6.04 Å². The van der Waals surface area contributed by atoms with Crippen LogP contribution in [0.3, 0.4) is 0 Å². The number of hydrogen-bond acceptors (Lipinski definition) is 4. The predicted molar refractivity (Wildman–Crippen MR) is 93.7 cm³/mol. The number of carboxylic acids is 1. The van der Waals surface area contributed by atoms with E-state index in [1.165, 1.54) is 0 Å². The number of carbonyl (C=O) groups excluding carboxylic acids is 1. The van der Waals surface area contributed by atoms with E-state index < -0.39 is 17.9 Å². The van der Waals surface area contributed by atoms with Gasteiger partial charge in [-0.2, -0.15) is 0 Å². The Kier molecular flexibility index (Phi) is 6.22. The average Bonchev–Trinajstić information content (AvgIpc) is 2.60. The molecule has 7 nitrogen and oxygen atoms in total. The number of benzene rings is 2. The van der Waals surface area contributed by atoms with E-state index in [0.29, 0.717) is 11.3 Å². The summed E-state index contributed by atoms with van der Waals surface area (Å²) in [4.78, 5) is 23.7. The summed E-state index contributed by atoms with van der Waals surface area (Å²) in [6.07, 6.45) is 0.219. The summed E-state index contributed by atoms with van der Waals surface area (Å²) in [5.41, 5.74) is 1.81. The van der Waals surface area contributed by atoms with Gasteiger partial charge in [0.25, 0.3) is 5.91 Å². The molecule has 0 aliphatic rings. The van der Waals surface area contributed by atoms with Gasteiger partial charge in [-0.3, -0.25) is 9.80 Å². The third-order valence-electron chi connectivity index (χ3n) is 3.35. The van der Waals surface area contributed by atoms with Crippen LogP contribution in [-0.2, 0) is 11.2 Å². The molecule has 0 bridgehead atoms. The molecule has 0 aliphatic carbocycles. The minimum absolute atomic E-state index is 0.219. The van der Waals surface area contributed by atoms with Crippen LogP contribution in [0.25, 0.3) is 0 Å². The molecule has 0 unspecified atom stereocenters. The first-order chi connectivity index (χ1) is 12.0. The molecule has 0 aromatic heterocycles. The lowest BCUT2D eigenvalue weighted by Gasteiger charge is -2.14. The third kappa shape index (κ3) is 5.72. The van der Waals surface area contributed by atoms with Gasteiger partial charge < -0.3 is 10.4 Å². The highest BCUT2D eigenvalue weighted by Gasteiger charge is 2.21. The van der Waals surface area contributed by atoms with Crippen molar-refractivity contribution in [2.75, 3.05) is 14.1 Å². The monoisotopic (exact) mass is 340 g/mol. The van der Waals surface area contributed by atoms with Crippen molar-refractivity contribution in [2.24, 2.45) is 10.3 Å². The smallest absolute Gasteiger partial charge is 0.326 e. The summed E-state index contributed by atoms with van der Waals surface area (Å²) < 4.78 is 0. The lowest BCUT2D eigenvalue weighted by atomic mass is 10.1. The van der Waals surface area contributed by atoms with Crippen molar-refractivity contribution in [3.63, 3.8) is 0 Å². The van der Waals surface area contributed by atoms with Crippen LogP contribution in [-0.4, -0.2) is 42.1 Å². The standard InChI is InChI=1S/C18H20N4O3/c1-22(2)21-20-15-10-8-14(9-11-15)17(23)19-16(18(24)25)12-13-6-4-3-5-7-13/h3-11,16H,12H2,1-2H3,(H,19,23)(H,24,25)/t16-/m1/s1. The van der Waals surface area contributed by atoms with Crippen molar-refractivity contribution in [3.05, 3.63) is 65.7 Å². The quantitative estimate of drug-likeness (QED) is 0.598. The van der Waals surface area contributed by atoms with E-state index in [1.54, 1.807) is 43.4 Å². The highest BCUT2D eigenvalue weighted by atomic mass is 16.4. The second-order valence-corrected chi connectivity index (χ2v) is 5.64. The minimum atomic E-state index is -1.08. The molecule has 0 heterocycles. The summed E-state index contributed by atoms with van der Waals surface area (Å²) in [7, 11) is 3.51. The molecule has 2 rings (SSSR count). The normalized spacial score (nSPS) is 11.9. The van der Waals surface area contributed by atoms with Gasteiger partial charge >= 0.3 is 5.97 Å². The first kappa shape index (κ1) is 18.1. The number of rotatable bonds is 7. The Balaban J connectivity index is 2.04. The van der Waals surface area contributed by atoms with Crippen LogP contribution < -0.4 is 5.32 Å². The molecule has 1 atom stereocenters. The van der Waals surface area contributed by atoms with Gasteiger partial charge in [-0.05, 0) is 29.8 Å². The van der Waals surface area contributed by atoms with Crippen molar-refractivity contribution < 1.29 is 14.7 Å². The van der Waals surface area contributed by atoms with Gasteiger partial charge in [-0.1, -0.05) is 35.6 Å². The molecule has 0 saturated heterocycles. The topological polar surface area (TPSA) is 94.4 Å². The van der Waals surface area contributed by atoms with E-state index in [-0.39, 0.29) is 6.42 Å². The molecule has 7 heteroatoms. The van der Waals surface area contributed by atoms with Gasteiger partial charge in [0.2, 0.25) is 0 Å². The maximum atomic E-state index is 12.3. The Morgan fingerprint density at radius 1 is 1.08 bits per heavy atom. The summed E-state index contributed by atoms with van der Waals surface area (Å²) >= 11 is 0. The molecule has 0 saturated carbocycles. The van der Waals surface area contributed by atoms with Crippen LogP contribution >= 0.6 is 0 Å². The van der Waals surface area contributed by atoms with Gasteiger partial charge in [0.05, 0.1) is 5.69 Å². The summed E-state index contributed by atoms with van der Waals surface area (Å²) in [6.45, 7) is 0. The highest BCUT2D eigenvalue weighted by Crippen LogP contribution is 2.14. The summed E-state index contributed by atoms with van der Waals surface area (Å²) in [5.74, 6) is -1.52. The van der Waals surface area contributed by atoms with Crippen LogP contribution in [0.4, 0.5) is 5.69 Å². The first-order valence-corrected chi connectivity index (χ1v) is 7.72. The number of amides is 1. The second kappa shape index (κ2) is 8.58. The number of nitrogens with one attached hydrogen (secondary N) is 1. The van der Waals surface area contributed by atoms with Crippen molar-refractivity contribution in [2.45, 2.75) is 12.5 Å². The molecule has 2 aromatic rings. The summed E-state index contributed by atoms with van der Waals surface area (Å²) in [5, 5.41) is 21.3. The fourth-order valence-corrected chi connectivity index (χ4v) is 2.11. The molecule has 130 valence electrons. The van der Waals surface area contributed by atoms with Gasteiger partial charge in [0.15, 0.2) is 0 Å². The van der Waals surface area contributed by atoms with E-state index in [1.807, 2.05) is 30.3 Å². The zero-order chi connectivity index (χ0) is 18.2. The fraction of sp³-hybridized carbons (Fsp3) is 0.222. The Morgan fingerprint density at radius 2 is 1.72 bits per heavy atom. The maximum Gasteiger partial charge on any atom is 0.326 e. The van der Waals surface area contributed by atoms with Crippen LogP contribution in [0.2, 0.25) is 0 Å². The zero-order valence-electron chi connectivity index (χ0n) is 14.1. The molecule has 25 heavy (non-hydrogen) atoms. The van der Waals surface area contributed by atoms with Crippen molar-refractivity contribution in [3.8, 4) is 0 Å². The minimum Gasteiger partial charge on any atom is -0.480 e. The van der Waals surface area contributed by atoms with Crippen LogP contribution in [0, 0.1) is 0 Å². The number of carboxylic acid groups (broad SMARTS) is 1. The molecular weight excluding hydrogens is 320 g/mol. The Bertz CT molecular complexity index is 743. The molecule has 0 fully saturated rings. The SMILES string of the molecule is CN(C)N=Nc1ccc(C(=O)N[C@H](Cc2ccccc2)C(=O)O)cc1. The number of aliphatic carboxylic acids is 1. The van der Waals surface area contributed by atoms with Crippen LogP contribution in [0.5, 0.6) is 0 Å². The molecule has 0 aliphatic heterocycles. The van der Waals surface area contributed by atoms with Crippen molar-refractivity contribution >= 4 is 17.6 Å². The molecule has 0 radical (unpaired) electrons. The molecule has 2 aromatic carbocycles. The van der Waals surface area contributed by atoms with Crippen molar-refractivity contribution in [1.29, 1.82) is 0 Å². The van der Waals surface area contributed by atoms with E-state index in [2.05, 4.69) is 15.7 Å². The Labute approximate surface area is 146 Å². The number of hydrogen-bond donors (Lipinski definition) is 2. The van der Waals surface area contributed by atoms with E-state index in [4.69, 9.17) is 0 Å². The Hall–Kier alpha value is -3.22. The van der Waals surface area contributed by atoms with E-state index in [9.17, 15) is 14.7 Å². The Morgan fingerprint density at radius 3 is 2.28 bits per heavy atom.